The second-order valence-corrected chi connectivity index (χ2v) is 6.05. The molecule has 1 aliphatic carbocycles. The lowest BCUT2D eigenvalue weighted by Gasteiger charge is -2.29. The highest BCUT2D eigenvalue weighted by Crippen LogP contribution is 2.23. The molecule has 0 atom stereocenters. The Labute approximate surface area is 151 Å². The number of nitrogens with zero attached hydrogens (tertiary/aromatic N) is 3. The third-order valence-corrected chi connectivity index (χ3v) is 4.30. The van der Waals surface area contributed by atoms with Gasteiger partial charge in [-0.3, -0.25) is 9.78 Å². The van der Waals surface area contributed by atoms with Gasteiger partial charge in [0.2, 0.25) is 17.6 Å². The van der Waals surface area contributed by atoms with Crippen LogP contribution in [0.15, 0.2) is 30.7 Å². The first-order valence-corrected chi connectivity index (χ1v) is 8.51. The lowest BCUT2D eigenvalue weighted by atomic mass is 9.93. The van der Waals surface area contributed by atoms with Crippen molar-refractivity contribution in [2.75, 3.05) is 14.2 Å². The van der Waals surface area contributed by atoms with Crippen molar-refractivity contribution in [2.24, 2.45) is 0 Å². The van der Waals surface area contributed by atoms with Crippen LogP contribution in [0.5, 0.6) is 17.6 Å². The number of carbonyl (C=O) groups excluding carboxylic acids is 1. The van der Waals surface area contributed by atoms with Crippen molar-refractivity contribution in [1.29, 1.82) is 0 Å². The van der Waals surface area contributed by atoms with Crippen LogP contribution in [0.4, 0.5) is 0 Å². The summed E-state index contributed by atoms with van der Waals surface area (Å²) in [7, 11) is 3.08. The minimum absolute atomic E-state index is 0.0622. The number of hydrogen-bond donors (Lipinski definition) is 1. The molecule has 1 N–H and O–H groups in total. The molecule has 1 saturated carbocycles. The summed E-state index contributed by atoms with van der Waals surface area (Å²) in [4.78, 5) is 24.6. The Morgan fingerprint density at radius 2 is 1.73 bits per heavy atom. The number of carbonyl (C=O) groups is 1. The number of hydrogen-bond acceptors (Lipinski definition) is 7. The molecule has 138 valence electrons. The maximum Gasteiger partial charge on any atom is 0.253 e. The van der Waals surface area contributed by atoms with E-state index in [2.05, 4.69) is 20.3 Å². The van der Waals surface area contributed by atoms with E-state index in [1.807, 2.05) is 0 Å². The fourth-order valence-corrected chi connectivity index (χ4v) is 2.89. The topological polar surface area (TPSA) is 95.5 Å². The van der Waals surface area contributed by atoms with Gasteiger partial charge in [0.1, 0.15) is 6.10 Å². The quantitative estimate of drug-likeness (QED) is 0.844. The van der Waals surface area contributed by atoms with E-state index in [0.717, 1.165) is 25.7 Å². The average Bonchev–Trinajstić information content (AvgIpc) is 2.69. The second-order valence-electron chi connectivity index (χ2n) is 6.05. The van der Waals surface area contributed by atoms with Crippen molar-refractivity contribution >= 4 is 5.91 Å². The number of aromatic nitrogens is 3. The van der Waals surface area contributed by atoms with Gasteiger partial charge in [-0.1, -0.05) is 0 Å². The Morgan fingerprint density at radius 1 is 1.00 bits per heavy atom. The molecule has 8 heteroatoms. The monoisotopic (exact) mass is 358 g/mol. The first-order chi connectivity index (χ1) is 12.7. The normalized spacial score (nSPS) is 19.5. The summed E-state index contributed by atoms with van der Waals surface area (Å²) in [6.45, 7) is 0. The molecule has 1 amide bonds. The zero-order valence-electron chi connectivity index (χ0n) is 14.8. The van der Waals surface area contributed by atoms with Gasteiger partial charge in [0, 0.05) is 18.3 Å². The van der Waals surface area contributed by atoms with Crippen LogP contribution in [-0.4, -0.2) is 47.2 Å². The van der Waals surface area contributed by atoms with E-state index < -0.39 is 0 Å². The van der Waals surface area contributed by atoms with Crippen LogP contribution in [0.25, 0.3) is 0 Å². The predicted octanol–water partition coefficient (Wildman–Crippen LogP) is 2.01. The summed E-state index contributed by atoms with van der Waals surface area (Å²) < 4.78 is 15.9. The highest BCUT2D eigenvalue weighted by molar-refractivity contribution is 5.94. The van der Waals surface area contributed by atoms with E-state index >= 15 is 0 Å². The molecule has 2 aromatic rings. The summed E-state index contributed by atoms with van der Waals surface area (Å²) in [5.41, 5.74) is 0.524. The third-order valence-electron chi connectivity index (χ3n) is 4.30. The van der Waals surface area contributed by atoms with E-state index in [-0.39, 0.29) is 18.1 Å². The molecule has 0 radical (unpaired) electrons. The third kappa shape index (κ3) is 4.59. The highest BCUT2D eigenvalue weighted by Gasteiger charge is 2.24. The van der Waals surface area contributed by atoms with Crippen molar-refractivity contribution in [3.8, 4) is 17.6 Å². The minimum atomic E-state index is -0.122. The lowest BCUT2D eigenvalue weighted by Crippen LogP contribution is -2.39. The molecular formula is C18H22N4O4. The number of ether oxygens (including phenoxy) is 3. The highest BCUT2D eigenvalue weighted by atomic mass is 16.5. The second kappa shape index (κ2) is 8.46. The Bertz CT molecular complexity index is 730. The van der Waals surface area contributed by atoms with Crippen LogP contribution in [0.2, 0.25) is 0 Å². The summed E-state index contributed by atoms with van der Waals surface area (Å²) in [6.07, 6.45) is 8.06. The van der Waals surface area contributed by atoms with Gasteiger partial charge in [0.05, 0.1) is 32.2 Å². The van der Waals surface area contributed by atoms with Crippen LogP contribution >= 0.6 is 0 Å². The first-order valence-electron chi connectivity index (χ1n) is 8.51. The Balaban J connectivity index is 1.47. The van der Waals surface area contributed by atoms with Crippen LogP contribution < -0.4 is 19.5 Å². The zero-order valence-corrected chi connectivity index (χ0v) is 14.8. The zero-order chi connectivity index (χ0) is 18.4. The van der Waals surface area contributed by atoms with Gasteiger partial charge in [-0.2, -0.15) is 4.98 Å². The lowest BCUT2D eigenvalue weighted by molar-refractivity contribution is 0.0888. The molecule has 0 bridgehead atoms. The molecule has 0 saturated heterocycles. The Kier molecular flexibility index (Phi) is 5.83. The van der Waals surface area contributed by atoms with E-state index in [9.17, 15) is 4.79 Å². The molecule has 1 aliphatic rings. The molecule has 0 aromatic carbocycles. The SMILES string of the molecule is COc1ccc(C(=O)NC2CCC(Oc3cncc(OC)n3)CC2)cn1. The van der Waals surface area contributed by atoms with Crippen LogP contribution in [0.3, 0.4) is 0 Å². The number of amides is 1. The van der Waals surface area contributed by atoms with E-state index in [4.69, 9.17) is 14.2 Å². The number of pyridine rings is 1. The van der Waals surface area contributed by atoms with Gasteiger partial charge >= 0.3 is 0 Å². The fraction of sp³-hybridized carbons (Fsp3) is 0.444. The number of methoxy groups -OCH3 is 2. The molecule has 0 spiro atoms. The van der Waals surface area contributed by atoms with Crippen molar-refractivity contribution in [2.45, 2.75) is 37.8 Å². The minimum Gasteiger partial charge on any atom is -0.481 e. The van der Waals surface area contributed by atoms with Gasteiger partial charge in [-0.05, 0) is 31.7 Å². The van der Waals surface area contributed by atoms with E-state index in [0.29, 0.717) is 23.2 Å². The molecule has 3 rings (SSSR count). The maximum absolute atomic E-state index is 12.3. The van der Waals surface area contributed by atoms with Gasteiger partial charge in [-0.15, -0.1) is 0 Å². The van der Waals surface area contributed by atoms with Crippen molar-refractivity contribution in [1.82, 2.24) is 20.3 Å². The van der Waals surface area contributed by atoms with Gasteiger partial charge in [0.25, 0.3) is 5.91 Å². The standard InChI is InChI=1S/C18H22N4O4/c1-24-15-8-3-12(9-20-15)18(23)21-13-4-6-14(7-5-13)26-17-11-19-10-16(22-17)25-2/h3,8-11,13-14H,4-7H2,1-2H3,(H,21,23). The van der Waals surface area contributed by atoms with Gasteiger partial charge in [0.15, 0.2) is 0 Å². The molecule has 2 aromatic heterocycles. The molecule has 0 unspecified atom stereocenters. The predicted molar refractivity (Wildman–Crippen MR) is 93.5 cm³/mol. The maximum atomic E-state index is 12.3. The average molecular weight is 358 g/mol. The molecule has 8 nitrogen and oxygen atoms in total. The number of nitrogens with one attached hydrogen (secondary N) is 1. The molecule has 0 aliphatic heterocycles. The van der Waals surface area contributed by atoms with E-state index in [1.54, 1.807) is 32.5 Å². The molecule has 1 fully saturated rings. The van der Waals surface area contributed by atoms with Crippen LogP contribution in [0.1, 0.15) is 36.0 Å². The smallest absolute Gasteiger partial charge is 0.253 e. The van der Waals surface area contributed by atoms with Crippen LogP contribution in [-0.2, 0) is 0 Å². The van der Waals surface area contributed by atoms with Crippen molar-refractivity contribution < 1.29 is 19.0 Å². The van der Waals surface area contributed by atoms with Gasteiger partial charge < -0.3 is 19.5 Å². The Morgan fingerprint density at radius 3 is 2.38 bits per heavy atom. The molecule has 26 heavy (non-hydrogen) atoms. The Hall–Kier alpha value is -2.90. The summed E-state index contributed by atoms with van der Waals surface area (Å²) in [5, 5.41) is 3.05. The summed E-state index contributed by atoms with van der Waals surface area (Å²) in [6, 6.07) is 3.51. The molecule has 2 heterocycles. The van der Waals surface area contributed by atoms with E-state index in [1.165, 1.54) is 12.4 Å². The van der Waals surface area contributed by atoms with Gasteiger partial charge in [-0.25, -0.2) is 4.98 Å². The van der Waals surface area contributed by atoms with Crippen molar-refractivity contribution in [3.63, 3.8) is 0 Å². The largest absolute Gasteiger partial charge is 0.481 e. The summed E-state index contributed by atoms with van der Waals surface area (Å²) in [5.74, 6) is 1.25. The van der Waals surface area contributed by atoms with Crippen LogP contribution in [0, 0.1) is 0 Å². The summed E-state index contributed by atoms with van der Waals surface area (Å²) >= 11 is 0. The fourth-order valence-electron chi connectivity index (χ4n) is 2.89. The van der Waals surface area contributed by atoms with Crippen molar-refractivity contribution in [3.05, 3.63) is 36.3 Å². The number of rotatable bonds is 6. The molecular weight excluding hydrogens is 336 g/mol. The first kappa shape index (κ1) is 17.9.